The lowest BCUT2D eigenvalue weighted by Crippen LogP contribution is -2.22. The maximum Gasteiger partial charge on any atom is 0.233 e. The summed E-state index contributed by atoms with van der Waals surface area (Å²) in [4.78, 5) is 0. The topological polar surface area (TPSA) is 101 Å². The van der Waals surface area contributed by atoms with Crippen LogP contribution in [0.1, 0.15) is 5.56 Å². The van der Waals surface area contributed by atoms with Crippen LogP contribution in [0.4, 0.5) is 5.69 Å². The number of rotatable bonds is 5. The predicted molar refractivity (Wildman–Crippen MR) is 70.0 cm³/mol. The fourth-order valence-electron chi connectivity index (χ4n) is 1.21. The van der Waals surface area contributed by atoms with Gasteiger partial charge in [-0.3, -0.25) is 4.72 Å². The number of phenolic OH excluding ortho intramolecular Hbond substituents is 1. The molecule has 0 aliphatic carbocycles. The molecule has 2 N–H and O–H groups in total. The third-order valence-corrected chi connectivity index (χ3v) is 4.69. The molecule has 1 aromatic rings. The number of phenols is 1. The zero-order valence-corrected chi connectivity index (χ0v) is 11.7. The second kappa shape index (κ2) is 5.15. The highest BCUT2D eigenvalue weighted by molar-refractivity contribution is 7.95. The van der Waals surface area contributed by atoms with Crippen LogP contribution < -0.4 is 4.72 Å². The summed E-state index contributed by atoms with van der Waals surface area (Å²) in [5.41, 5.74) is 0.817. The van der Waals surface area contributed by atoms with Crippen LogP contribution in [0.2, 0.25) is 0 Å². The number of aryl methyl sites for hydroxylation is 1. The van der Waals surface area contributed by atoms with E-state index < -0.39 is 31.4 Å². The molecule has 0 amide bonds. The van der Waals surface area contributed by atoms with E-state index in [9.17, 15) is 21.9 Å². The van der Waals surface area contributed by atoms with Crippen LogP contribution in [-0.4, -0.2) is 39.7 Å². The van der Waals surface area contributed by atoms with Crippen molar-refractivity contribution in [3.8, 4) is 5.75 Å². The quantitative estimate of drug-likeness (QED) is 0.769. The van der Waals surface area contributed by atoms with Gasteiger partial charge < -0.3 is 5.11 Å². The molecule has 0 aliphatic heterocycles. The fourth-order valence-corrected chi connectivity index (χ4v) is 3.89. The Kier molecular flexibility index (Phi) is 4.23. The minimum atomic E-state index is -3.71. The molecule has 0 saturated heterocycles. The average Bonchev–Trinajstić information content (AvgIpc) is 2.20. The van der Waals surface area contributed by atoms with Crippen molar-refractivity contribution in [1.82, 2.24) is 0 Å². The Balaban J connectivity index is 2.80. The van der Waals surface area contributed by atoms with E-state index in [0.29, 0.717) is 11.3 Å². The largest absolute Gasteiger partial charge is 0.508 e. The molecule has 0 aromatic heterocycles. The van der Waals surface area contributed by atoms with Gasteiger partial charge in [0.25, 0.3) is 0 Å². The van der Waals surface area contributed by atoms with Crippen LogP contribution in [0, 0.1) is 6.92 Å². The van der Waals surface area contributed by atoms with E-state index in [-0.39, 0.29) is 5.75 Å². The van der Waals surface area contributed by atoms with Crippen molar-refractivity contribution in [2.45, 2.75) is 6.92 Å². The Morgan fingerprint density at radius 2 is 1.78 bits per heavy atom. The van der Waals surface area contributed by atoms with Gasteiger partial charge in [0.15, 0.2) is 0 Å². The van der Waals surface area contributed by atoms with Gasteiger partial charge in [0, 0.05) is 11.9 Å². The molecule has 0 bridgehead atoms. The van der Waals surface area contributed by atoms with Crippen molar-refractivity contribution in [3.63, 3.8) is 0 Å². The SMILES string of the molecule is Cc1cc(NS(=O)(=O)CCS(C)(=O)=O)ccc1O. The fraction of sp³-hybridized carbons (Fsp3) is 0.400. The van der Waals surface area contributed by atoms with Gasteiger partial charge in [0.1, 0.15) is 15.6 Å². The van der Waals surface area contributed by atoms with Crippen molar-refractivity contribution in [3.05, 3.63) is 23.8 Å². The van der Waals surface area contributed by atoms with Crippen molar-refractivity contribution in [2.24, 2.45) is 0 Å². The van der Waals surface area contributed by atoms with E-state index >= 15 is 0 Å². The molecule has 102 valence electrons. The number of anilines is 1. The summed E-state index contributed by atoms with van der Waals surface area (Å²) in [6.07, 6.45) is 0.979. The summed E-state index contributed by atoms with van der Waals surface area (Å²) < 4.78 is 47.3. The highest BCUT2D eigenvalue weighted by Crippen LogP contribution is 2.20. The van der Waals surface area contributed by atoms with Crippen LogP contribution in [0.3, 0.4) is 0 Å². The van der Waals surface area contributed by atoms with E-state index in [1.54, 1.807) is 6.92 Å². The van der Waals surface area contributed by atoms with Crippen molar-refractivity contribution < 1.29 is 21.9 Å². The third-order valence-electron chi connectivity index (χ3n) is 2.19. The van der Waals surface area contributed by atoms with E-state index in [2.05, 4.69) is 4.72 Å². The number of hydrogen-bond donors (Lipinski definition) is 2. The highest BCUT2D eigenvalue weighted by atomic mass is 32.2. The third kappa shape index (κ3) is 4.92. The van der Waals surface area contributed by atoms with E-state index in [0.717, 1.165) is 6.26 Å². The van der Waals surface area contributed by atoms with Crippen molar-refractivity contribution >= 4 is 25.5 Å². The number of sulfonamides is 1. The predicted octanol–water partition coefficient (Wildman–Crippen LogP) is 0.487. The van der Waals surface area contributed by atoms with Crippen LogP contribution in [-0.2, 0) is 19.9 Å². The normalized spacial score (nSPS) is 12.3. The molecule has 0 spiro atoms. The molecule has 0 heterocycles. The maximum atomic E-state index is 11.6. The molecule has 0 fully saturated rings. The Bertz CT molecular complexity index is 634. The summed E-state index contributed by atoms with van der Waals surface area (Å²) >= 11 is 0. The van der Waals surface area contributed by atoms with E-state index in [1.165, 1.54) is 18.2 Å². The van der Waals surface area contributed by atoms with Gasteiger partial charge in [-0.05, 0) is 30.7 Å². The van der Waals surface area contributed by atoms with Crippen LogP contribution in [0.15, 0.2) is 18.2 Å². The Labute approximate surface area is 107 Å². The van der Waals surface area contributed by atoms with Gasteiger partial charge in [-0.1, -0.05) is 0 Å². The molecule has 6 nitrogen and oxygen atoms in total. The summed E-state index contributed by atoms with van der Waals surface area (Å²) in [7, 11) is -7.03. The standard InChI is InChI=1S/C10H15NO5S2/c1-8-7-9(3-4-10(8)12)11-18(15,16)6-5-17(2,13)14/h3-4,7,11-12H,5-6H2,1-2H3. The van der Waals surface area contributed by atoms with Crippen LogP contribution in [0.5, 0.6) is 5.75 Å². The molecule has 18 heavy (non-hydrogen) atoms. The van der Waals surface area contributed by atoms with Gasteiger partial charge in [0.05, 0.1) is 11.5 Å². The lowest BCUT2D eigenvalue weighted by atomic mass is 10.2. The number of nitrogens with one attached hydrogen (secondary N) is 1. The lowest BCUT2D eigenvalue weighted by molar-refractivity contribution is 0.471. The molecule has 8 heteroatoms. The number of benzene rings is 1. The molecule has 0 atom stereocenters. The van der Waals surface area contributed by atoms with E-state index in [1.807, 2.05) is 0 Å². The average molecular weight is 293 g/mol. The maximum absolute atomic E-state index is 11.6. The first-order valence-corrected chi connectivity index (χ1v) is 8.78. The number of hydrogen-bond acceptors (Lipinski definition) is 5. The van der Waals surface area contributed by atoms with Crippen LogP contribution >= 0.6 is 0 Å². The second-order valence-electron chi connectivity index (χ2n) is 4.05. The van der Waals surface area contributed by atoms with Gasteiger partial charge >= 0.3 is 0 Å². The number of sulfone groups is 1. The van der Waals surface area contributed by atoms with Crippen LogP contribution in [0.25, 0.3) is 0 Å². The molecule has 0 saturated carbocycles. The first-order chi connectivity index (χ1) is 8.09. The molecule has 0 radical (unpaired) electrons. The smallest absolute Gasteiger partial charge is 0.233 e. The minimum absolute atomic E-state index is 0.0640. The summed E-state index contributed by atoms with van der Waals surface area (Å²) in [5, 5.41) is 9.30. The Hall–Kier alpha value is -1.28. The first kappa shape index (κ1) is 14.8. The second-order valence-corrected chi connectivity index (χ2v) is 8.15. The molecule has 1 aromatic carbocycles. The monoisotopic (exact) mass is 293 g/mol. The number of aromatic hydroxyl groups is 1. The summed E-state index contributed by atoms with van der Waals surface area (Å²) in [6, 6.07) is 4.23. The lowest BCUT2D eigenvalue weighted by Gasteiger charge is -2.08. The first-order valence-electron chi connectivity index (χ1n) is 5.07. The summed E-state index contributed by atoms with van der Waals surface area (Å²) in [5.74, 6) is -0.861. The van der Waals surface area contributed by atoms with Gasteiger partial charge in [0.2, 0.25) is 10.0 Å². The molecule has 1 rings (SSSR count). The molecule has 0 aliphatic rings. The molecular formula is C10H15NO5S2. The van der Waals surface area contributed by atoms with Gasteiger partial charge in [-0.15, -0.1) is 0 Å². The van der Waals surface area contributed by atoms with E-state index in [4.69, 9.17) is 0 Å². The zero-order chi connectivity index (χ0) is 14.0. The summed E-state index contributed by atoms with van der Waals surface area (Å²) in [6.45, 7) is 1.63. The Morgan fingerprint density at radius 3 is 2.28 bits per heavy atom. The highest BCUT2D eigenvalue weighted by Gasteiger charge is 2.14. The van der Waals surface area contributed by atoms with Gasteiger partial charge in [-0.25, -0.2) is 16.8 Å². The minimum Gasteiger partial charge on any atom is -0.508 e. The van der Waals surface area contributed by atoms with Gasteiger partial charge in [-0.2, -0.15) is 0 Å². The molecule has 0 unspecified atom stereocenters. The Morgan fingerprint density at radius 1 is 1.17 bits per heavy atom. The molecular weight excluding hydrogens is 278 g/mol. The van der Waals surface area contributed by atoms with Crippen molar-refractivity contribution in [1.29, 1.82) is 0 Å². The zero-order valence-electron chi connectivity index (χ0n) is 10.0. The van der Waals surface area contributed by atoms with Crippen molar-refractivity contribution in [2.75, 3.05) is 22.5 Å².